The van der Waals surface area contributed by atoms with Crippen LogP contribution in [0.4, 0.5) is 0 Å². The van der Waals surface area contributed by atoms with E-state index in [1.807, 2.05) is 36.6 Å². The van der Waals surface area contributed by atoms with Gasteiger partial charge in [0.2, 0.25) is 5.91 Å². The molecule has 27 heavy (non-hydrogen) atoms. The summed E-state index contributed by atoms with van der Waals surface area (Å²) >= 11 is 1.57. The van der Waals surface area contributed by atoms with E-state index in [2.05, 4.69) is 10.3 Å². The van der Waals surface area contributed by atoms with Crippen LogP contribution >= 0.6 is 11.3 Å². The van der Waals surface area contributed by atoms with E-state index in [9.17, 15) is 4.79 Å². The van der Waals surface area contributed by atoms with Crippen molar-refractivity contribution in [2.75, 3.05) is 13.2 Å². The summed E-state index contributed by atoms with van der Waals surface area (Å²) in [5.41, 5.74) is 1.83. The first-order valence-corrected chi connectivity index (χ1v) is 11.0. The smallest absolute Gasteiger partial charge is 0.226 e. The van der Waals surface area contributed by atoms with Gasteiger partial charge < -0.3 is 10.1 Å². The van der Waals surface area contributed by atoms with Crippen LogP contribution in [0.25, 0.3) is 10.6 Å². The monoisotopic (exact) mass is 384 g/mol. The van der Waals surface area contributed by atoms with Gasteiger partial charge in [-0.05, 0) is 62.5 Å². The van der Waals surface area contributed by atoms with Crippen molar-refractivity contribution in [1.29, 1.82) is 0 Å². The summed E-state index contributed by atoms with van der Waals surface area (Å²) in [6.07, 6.45) is 7.15. The van der Waals surface area contributed by atoms with Gasteiger partial charge in [-0.1, -0.05) is 18.6 Å². The molecule has 2 bridgehead atoms. The second-order valence-corrected chi connectivity index (χ2v) is 8.68. The second kappa shape index (κ2) is 8.42. The van der Waals surface area contributed by atoms with Crippen LogP contribution in [0, 0.1) is 17.8 Å². The van der Waals surface area contributed by atoms with Crippen molar-refractivity contribution in [3.05, 3.63) is 35.3 Å². The average molecular weight is 385 g/mol. The van der Waals surface area contributed by atoms with Crippen molar-refractivity contribution >= 4 is 17.2 Å². The maximum absolute atomic E-state index is 12.3. The maximum atomic E-state index is 12.3. The Labute approximate surface area is 165 Å². The SMILES string of the molecule is CCOc1ccccc1-c1nc(CC(=O)NCCC2CC3CCC2C3)cs1. The fourth-order valence-corrected chi connectivity index (χ4v) is 5.64. The first-order valence-electron chi connectivity index (χ1n) is 10.2. The number of rotatable bonds is 8. The van der Waals surface area contributed by atoms with Crippen molar-refractivity contribution in [2.24, 2.45) is 17.8 Å². The molecule has 0 saturated heterocycles. The largest absolute Gasteiger partial charge is 0.493 e. The van der Waals surface area contributed by atoms with Gasteiger partial charge >= 0.3 is 0 Å². The molecular formula is C22H28N2O2S. The molecule has 2 aromatic rings. The lowest BCUT2D eigenvalue weighted by atomic mass is 9.86. The van der Waals surface area contributed by atoms with E-state index < -0.39 is 0 Å². The van der Waals surface area contributed by atoms with E-state index in [-0.39, 0.29) is 5.91 Å². The molecular weight excluding hydrogens is 356 g/mol. The summed E-state index contributed by atoms with van der Waals surface area (Å²) in [5, 5.41) is 5.99. The van der Waals surface area contributed by atoms with E-state index in [4.69, 9.17) is 4.74 Å². The first-order chi connectivity index (χ1) is 13.2. The van der Waals surface area contributed by atoms with Crippen molar-refractivity contribution in [2.45, 2.75) is 45.4 Å². The highest BCUT2D eigenvalue weighted by molar-refractivity contribution is 7.13. The predicted octanol–water partition coefficient (Wildman–Crippen LogP) is 4.69. The topological polar surface area (TPSA) is 51.2 Å². The molecule has 0 aliphatic heterocycles. The van der Waals surface area contributed by atoms with Crippen LogP contribution in [0.1, 0.15) is 44.7 Å². The number of carbonyl (C=O) groups is 1. The number of para-hydroxylation sites is 1. The molecule has 144 valence electrons. The Balaban J connectivity index is 1.28. The third kappa shape index (κ3) is 4.34. The van der Waals surface area contributed by atoms with Gasteiger partial charge in [0.05, 0.1) is 24.3 Å². The number of benzene rings is 1. The number of nitrogens with one attached hydrogen (secondary N) is 1. The van der Waals surface area contributed by atoms with Gasteiger partial charge in [0.1, 0.15) is 10.8 Å². The standard InChI is InChI=1S/C22H28N2O2S/c1-2-26-20-6-4-3-5-19(20)22-24-18(14-27-22)13-21(25)23-10-9-17-12-15-7-8-16(17)11-15/h3-6,14-17H,2,7-13H2,1H3,(H,23,25). The minimum absolute atomic E-state index is 0.0769. The molecule has 4 rings (SSSR count). The molecule has 1 aromatic heterocycles. The number of hydrogen-bond donors (Lipinski definition) is 1. The highest BCUT2D eigenvalue weighted by Crippen LogP contribution is 2.49. The van der Waals surface area contributed by atoms with Crippen LogP contribution in [-0.4, -0.2) is 24.0 Å². The van der Waals surface area contributed by atoms with Crippen molar-refractivity contribution < 1.29 is 9.53 Å². The second-order valence-electron chi connectivity index (χ2n) is 7.82. The summed E-state index contributed by atoms with van der Waals surface area (Å²) in [6, 6.07) is 7.93. The van der Waals surface area contributed by atoms with E-state index in [1.165, 1.54) is 25.7 Å². The number of thiazole rings is 1. The number of nitrogens with zero attached hydrogens (tertiary/aromatic N) is 1. The molecule has 0 radical (unpaired) electrons. The molecule has 4 nitrogen and oxygen atoms in total. The van der Waals surface area contributed by atoms with Gasteiger partial charge in [0.25, 0.3) is 0 Å². The Morgan fingerprint density at radius 3 is 2.96 bits per heavy atom. The van der Waals surface area contributed by atoms with Gasteiger partial charge in [-0.3, -0.25) is 4.79 Å². The third-order valence-corrected chi connectivity index (χ3v) is 6.96. The van der Waals surface area contributed by atoms with Crippen molar-refractivity contribution in [1.82, 2.24) is 10.3 Å². The van der Waals surface area contributed by atoms with Crippen LogP contribution < -0.4 is 10.1 Å². The van der Waals surface area contributed by atoms with Gasteiger partial charge in [0, 0.05) is 11.9 Å². The third-order valence-electron chi connectivity index (χ3n) is 6.03. The Bertz CT molecular complexity index is 788. The van der Waals surface area contributed by atoms with Crippen LogP contribution in [0.15, 0.2) is 29.6 Å². The Hall–Kier alpha value is -1.88. The average Bonchev–Trinajstić information content (AvgIpc) is 3.40. The lowest BCUT2D eigenvalue weighted by Crippen LogP contribution is -2.28. The number of aromatic nitrogens is 1. The number of fused-ring (bicyclic) bond motifs is 2. The van der Waals surface area contributed by atoms with E-state index in [0.717, 1.165) is 52.7 Å². The molecule has 2 saturated carbocycles. The summed E-state index contributed by atoms with van der Waals surface area (Å²) < 4.78 is 5.69. The van der Waals surface area contributed by atoms with Crippen LogP contribution in [0.2, 0.25) is 0 Å². The molecule has 1 heterocycles. The van der Waals surface area contributed by atoms with Gasteiger partial charge in [0.15, 0.2) is 0 Å². The fourth-order valence-electron chi connectivity index (χ4n) is 4.79. The molecule has 2 fully saturated rings. The Morgan fingerprint density at radius 1 is 1.30 bits per heavy atom. The zero-order chi connectivity index (χ0) is 18.6. The molecule has 1 N–H and O–H groups in total. The summed E-state index contributed by atoms with van der Waals surface area (Å²) in [6.45, 7) is 3.40. The molecule has 3 unspecified atom stereocenters. The molecule has 1 amide bonds. The lowest BCUT2D eigenvalue weighted by molar-refractivity contribution is -0.120. The van der Waals surface area contributed by atoms with Crippen molar-refractivity contribution in [3.63, 3.8) is 0 Å². The van der Waals surface area contributed by atoms with Gasteiger partial charge in [-0.2, -0.15) is 0 Å². The van der Waals surface area contributed by atoms with E-state index in [0.29, 0.717) is 13.0 Å². The molecule has 1 aromatic carbocycles. The zero-order valence-electron chi connectivity index (χ0n) is 15.9. The number of amides is 1. The van der Waals surface area contributed by atoms with E-state index in [1.54, 1.807) is 11.3 Å². The number of hydrogen-bond acceptors (Lipinski definition) is 4. The minimum Gasteiger partial charge on any atom is -0.493 e. The summed E-state index contributed by atoms with van der Waals surface area (Å²) in [5.74, 6) is 3.66. The number of carbonyl (C=O) groups excluding carboxylic acids is 1. The maximum Gasteiger partial charge on any atom is 0.226 e. The highest BCUT2D eigenvalue weighted by atomic mass is 32.1. The quantitative estimate of drug-likeness (QED) is 0.718. The molecule has 2 aliphatic carbocycles. The lowest BCUT2D eigenvalue weighted by Gasteiger charge is -2.21. The fraction of sp³-hybridized carbons (Fsp3) is 0.545. The van der Waals surface area contributed by atoms with E-state index >= 15 is 0 Å². The van der Waals surface area contributed by atoms with Crippen LogP contribution in [-0.2, 0) is 11.2 Å². The van der Waals surface area contributed by atoms with Crippen molar-refractivity contribution in [3.8, 4) is 16.3 Å². The predicted molar refractivity (Wildman–Crippen MR) is 109 cm³/mol. The number of ether oxygens (including phenoxy) is 1. The summed E-state index contributed by atoms with van der Waals surface area (Å²) in [4.78, 5) is 16.9. The first kappa shape index (κ1) is 18.5. The Morgan fingerprint density at radius 2 is 2.19 bits per heavy atom. The minimum atomic E-state index is 0.0769. The normalized spacial score (nSPS) is 23.5. The molecule has 5 heteroatoms. The molecule has 0 spiro atoms. The van der Waals surface area contributed by atoms with Crippen LogP contribution in [0.5, 0.6) is 5.75 Å². The van der Waals surface area contributed by atoms with Gasteiger partial charge in [-0.15, -0.1) is 11.3 Å². The van der Waals surface area contributed by atoms with Gasteiger partial charge in [-0.25, -0.2) is 4.98 Å². The van der Waals surface area contributed by atoms with Crippen LogP contribution in [0.3, 0.4) is 0 Å². The molecule has 3 atom stereocenters. The highest BCUT2D eigenvalue weighted by Gasteiger charge is 2.38. The Kier molecular flexibility index (Phi) is 5.77. The summed E-state index contributed by atoms with van der Waals surface area (Å²) in [7, 11) is 0. The zero-order valence-corrected chi connectivity index (χ0v) is 16.8. The molecule has 2 aliphatic rings.